The number of hydrogen-bond donors (Lipinski definition) is 2. The smallest absolute Gasteiger partial charge is 0.339 e. The van der Waals surface area contributed by atoms with E-state index in [-0.39, 0.29) is 24.4 Å². The number of aliphatic hydroxyl groups is 1. The fourth-order valence-electron chi connectivity index (χ4n) is 2.68. The molecule has 6 nitrogen and oxygen atoms in total. The first-order valence-electron chi connectivity index (χ1n) is 10.5. The molecular formula is C27H31NO5. The van der Waals surface area contributed by atoms with Gasteiger partial charge in [0.05, 0.1) is 17.7 Å². The molecule has 0 bridgehead atoms. The minimum absolute atomic E-state index is 0.201. The Hall–Kier alpha value is -4.16. The van der Waals surface area contributed by atoms with E-state index in [4.69, 9.17) is 9.47 Å². The van der Waals surface area contributed by atoms with Crippen molar-refractivity contribution in [2.45, 2.75) is 40.7 Å². The highest BCUT2D eigenvalue weighted by Crippen LogP contribution is 2.34. The number of aliphatic hydroxyl groups excluding tert-OH is 1. The molecule has 0 spiro atoms. The van der Waals surface area contributed by atoms with Gasteiger partial charge in [0.15, 0.2) is 11.5 Å². The summed E-state index contributed by atoms with van der Waals surface area (Å²) in [5.41, 5.74) is 1.72. The molecule has 174 valence electrons. The number of nitrogens with zero attached hydrogens (tertiary/aromatic N) is 1. The summed E-state index contributed by atoms with van der Waals surface area (Å²) in [4.78, 5) is 11.3. The molecule has 0 unspecified atom stereocenters. The minimum Gasteiger partial charge on any atom is -0.507 e. The molecule has 0 aliphatic heterocycles. The van der Waals surface area contributed by atoms with E-state index in [9.17, 15) is 20.3 Å². The maximum Gasteiger partial charge on any atom is 0.339 e. The lowest BCUT2D eigenvalue weighted by Gasteiger charge is -2.15. The predicted octanol–water partition coefficient (Wildman–Crippen LogP) is 5.83. The lowest BCUT2D eigenvalue weighted by atomic mass is 10.0. The summed E-state index contributed by atoms with van der Waals surface area (Å²) in [5.74, 6) is -0.779. The maximum atomic E-state index is 11.3. The molecule has 0 aliphatic carbocycles. The van der Waals surface area contributed by atoms with Crippen molar-refractivity contribution in [1.82, 2.24) is 0 Å². The van der Waals surface area contributed by atoms with Gasteiger partial charge >= 0.3 is 5.97 Å². The van der Waals surface area contributed by atoms with Crippen molar-refractivity contribution in [3.05, 3.63) is 82.6 Å². The second kappa shape index (κ2) is 16.5. The molecule has 2 rings (SSSR count). The molecule has 0 atom stereocenters. The van der Waals surface area contributed by atoms with Crippen LogP contribution >= 0.6 is 0 Å². The Morgan fingerprint density at radius 2 is 1.73 bits per heavy atom. The monoisotopic (exact) mass is 449 g/mol. The molecular weight excluding hydrogens is 418 g/mol. The fraction of sp³-hybridized carbons (Fsp3) is 0.259. The molecule has 33 heavy (non-hydrogen) atoms. The van der Waals surface area contributed by atoms with Gasteiger partial charge < -0.3 is 19.7 Å². The molecule has 0 aliphatic rings. The van der Waals surface area contributed by atoms with Gasteiger partial charge in [0.2, 0.25) is 0 Å². The van der Waals surface area contributed by atoms with E-state index < -0.39 is 5.97 Å². The van der Waals surface area contributed by atoms with Crippen LogP contribution in [0.5, 0.6) is 11.5 Å². The van der Waals surface area contributed by atoms with Gasteiger partial charge in [-0.2, -0.15) is 5.26 Å². The number of hydrogen-bond acceptors (Lipinski definition) is 5. The second-order valence-electron chi connectivity index (χ2n) is 6.09. The third-order valence-corrected chi connectivity index (χ3v) is 4.08. The van der Waals surface area contributed by atoms with Gasteiger partial charge in [-0.3, -0.25) is 0 Å². The minimum atomic E-state index is -1.23. The molecule has 0 radical (unpaired) electrons. The van der Waals surface area contributed by atoms with Crippen LogP contribution in [0.15, 0.2) is 65.9 Å². The van der Waals surface area contributed by atoms with Crippen molar-refractivity contribution in [2.75, 3.05) is 6.61 Å². The van der Waals surface area contributed by atoms with E-state index >= 15 is 0 Å². The van der Waals surface area contributed by atoms with Crippen molar-refractivity contribution in [3.63, 3.8) is 0 Å². The Balaban J connectivity index is 0.00000242. The van der Waals surface area contributed by atoms with Gasteiger partial charge in [-0.25, -0.2) is 4.79 Å². The van der Waals surface area contributed by atoms with Crippen molar-refractivity contribution in [1.29, 1.82) is 5.26 Å². The number of rotatable bonds is 9. The van der Waals surface area contributed by atoms with Gasteiger partial charge in [0, 0.05) is 0 Å². The van der Waals surface area contributed by atoms with Crippen molar-refractivity contribution in [3.8, 4) is 30.4 Å². The SMILES string of the molecule is C#C.C/C=C(O)\C(=C/Cc1cc(C#N)c(OCc2ccccc2)c(OCC)c1)C(=O)O.CC. The van der Waals surface area contributed by atoms with Crippen molar-refractivity contribution in [2.24, 2.45) is 0 Å². The standard InChI is InChI=1S/C23H23NO5.C2H6.C2H2/c1-3-20(25)19(23(26)27)11-10-17-12-18(14-24)22(21(13-17)28-4-2)29-15-16-8-6-5-7-9-16;2*1-2/h3,5-9,11-13,25H,4,10,15H2,1-2H3,(H,26,27);1-2H3;1-2H/b19-11+,20-3+;;. The summed E-state index contributed by atoms with van der Waals surface area (Å²) in [7, 11) is 0. The van der Waals surface area contributed by atoms with Crippen LogP contribution in [0.1, 0.15) is 44.4 Å². The van der Waals surface area contributed by atoms with Crippen LogP contribution in [0, 0.1) is 24.2 Å². The Bertz CT molecular complexity index is 998. The second-order valence-corrected chi connectivity index (χ2v) is 6.09. The highest BCUT2D eigenvalue weighted by molar-refractivity contribution is 5.90. The largest absolute Gasteiger partial charge is 0.507 e. The Morgan fingerprint density at radius 1 is 1.09 bits per heavy atom. The van der Waals surface area contributed by atoms with Crippen molar-refractivity contribution >= 4 is 5.97 Å². The summed E-state index contributed by atoms with van der Waals surface area (Å²) in [5, 5.41) is 28.6. The number of terminal acetylenes is 1. The third-order valence-electron chi connectivity index (χ3n) is 4.08. The molecule has 6 heteroatoms. The van der Waals surface area contributed by atoms with Crippen LogP contribution in [0.4, 0.5) is 0 Å². The summed E-state index contributed by atoms with van der Waals surface area (Å²) in [6.07, 6.45) is 10.9. The molecule has 2 aromatic carbocycles. The molecule has 0 fully saturated rings. The number of aliphatic carboxylic acids is 1. The van der Waals surface area contributed by atoms with Gasteiger partial charge in [-0.15, -0.1) is 12.8 Å². The number of carboxylic acid groups (broad SMARTS) is 1. The van der Waals surface area contributed by atoms with Gasteiger partial charge in [-0.1, -0.05) is 50.3 Å². The molecule has 0 saturated heterocycles. The van der Waals surface area contributed by atoms with E-state index in [1.54, 1.807) is 19.1 Å². The zero-order valence-corrected chi connectivity index (χ0v) is 19.5. The molecule has 2 N–H and O–H groups in total. The highest BCUT2D eigenvalue weighted by atomic mass is 16.5. The predicted molar refractivity (Wildman–Crippen MR) is 130 cm³/mol. The van der Waals surface area contributed by atoms with E-state index in [2.05, 4.69) is 18.9 Å². The number of ether oxygens (including phenoxy) is 2. The Morgan fingerprint density at radius 3 is 2.24 bits per heavy atom. The zero-order valence-electron chi connectivity index (χ0n) is 19.5. The van der Waals surface area contributed by atoms with E-state index in [1.807, 2.05) is 51.1 Å². The normalized spacial score (nSPS) is 10.5. The van der Waals surface area contributed by atoms with Gasteiger partial charge in [0.25, 0.3) is 0 Å². The van der Waals surface area contributed by atoms with Crippen LogP contribution in [-0.2, 0) is 17.8 Å². The summed E-state index contributed by atoms with van der Waals surface area (Å²) >= 11 is 0. The van der Waals surface area contributed by atoms with Gasteiger partial charge in [0.1, 0.15) is 18.4 Å². The summed E-state index contributed by atoms with van der Waals surface area (Å²) < 4.78 is 11.5. The number of benzene rings is 2. The van der Waals surface area contributed by atoms with Crippen LogP contribution in [0.3, 0.4) is 0 Å². The van der Waals surface area contributed by atoms with Crippen LogP contribution < -0.4 is 9.47 Å². The first-order chi connectivity index (χ1) is 16.0. The van der Waals surface area contributed by atoms with Crippen LogP contribution in [0.25, 0.3) is 0 Å². The highest BCUT2D eigenvalue weighted by Gasteiger charge is 2.16. The Kier molecular flexibility index (Phi) is 14.4. The van der Waals surface area contributed by atoms with Crippen LogP contribution in [-0.4, -0.2) is 22.8 Å². The molecule has 0 saturated carbocycles. The lowest BCUT2D eigenvalue weighted by Crippen LogP contribution is -2.05. The Labute approximate surface area is 196 Å². The van der Waals surface area contributed by atoms with E-state index in [0.717, 1.165) is 5.56 Å². The quantitative estimate of drug-likeness (QED) is 0.216. The lowest BCUT2D eigenvalue weighted by molar-refractivity contribution is -0.132. The molecule has 0 heterocycles. The first-order valence-corrected chi connectivity index (χ1v) is 10.5. The number of carbonyl (C=O) groups is 1. The molecule has 2 aromatic rings. The van der Waals surface area contributed by atoms with E-state index in [0.29, 0.717) is 29.2 Å². The summed E-state index contributed by atoms with van der Waals surface area (Å²) in [6.45, 7) is 8.04. The van der Waals surface area contributed by atoms with Gasteiger partial charge in [-0.05, 0) is 49.6 Å². The zero-order chi connectivity index (χ0) is 25.2. The average molecular weight is 450 g/mol. The number of nitriles is 1. The average Bonchev–Trinajstić information content (AvgIpc) is 2.86. The molecule has 0 amide bonds. The van der Waals surface area contributed by atoms with E-state index in [1.165, 1.54) is 12.2 Å². The maximum absolute atomic E-state index is 11.3. The molecule has 0 aromatic heterocycles. The number of allylic oxidation sites excluding steroid dienone is 2. The fourth-order valence-corrected chi connectivity index (χ4v) is 2.68. The topological polar surface area (TPSA) is 99.8 Å². The van der Waals surface area contributed by atoms with Crippen LogP contribution in [0.2, 0.25) is 0 Å². The first kappa shape index (κ1) is 28.8. The van der Waals surface area contributed by atoms with Crippen molar-refractivity contribution < 1.29 is 24.5 Å². The summed E-state index contributed by atoms with van der Waals surface area (Å²) in [6, 6.07) is 15.0. The number of carboxylic acids is 1. The third kappa shape index (κ3) is 9.25.